The lowest BCUT2D eigenvalue weighted by atomic mass is 10.1. The molecule has 0 radical (unpaired) electrons. The van der Waals surface area contributed by atoms with Gasteiger partial charge in [0.05, 0.1) is 5.69 Å². The molecule has 210 valence electrons. The maximum absolute atomic E-state index is 10.6. The molecular weight excluding hydrogens is 538 g/mol. The number of rotatable bonds is 4. The number of benzene rings is 2. The van der Waals surface area contributed by atoms with Crippen molar-refractivity contribution in [1.29, 1.82) is 0 Å². The first-order chi connectivity index (χ1) is 18.3. The number of aliphatic carboxylic acids is 2. The van der Waals surface area contributed by atoms with Crippen molar-refractivity contribution in [3.8, 4) is 22.9 Å². The van der Waals surface area contributed by atoms with Crippen molar-refractivity contribution in [2.24, 2.45) is 0 Å². The molecule has 39 heavy (non-hydrogen) atoms. The molecule has 0 atom stereocenters. The Morgan fingerprint density at radius 2 is 1.51 bits per heavy atom. The van der Waals surface area contributed by atoms with Gasteiger partial charge in [0.15, 0.2) is 0 Å². The summed E-state index contributed by atoms with van der Waals surface area (Å²) < 4.78 is 75.1. The first-order valence-corrected chi connectivity index (χ1v) is 11.0. The van der Waals surface area contributed by atoms with Gasteiger partial charge in [0.2, 0.25) is 5.88 Å². The Morgan fingerprint density at radius 1 is 0.897 bits per heavy atom. The molecule has 3 N–H and O–H groups in total. The molecule has 2 heterocycles. The van der Waals surface area contributed by atoms with Gasteiger partial charge in [0, 0.05) is 24.2 Å². The number of pyridine rings is 1. The second-order valence-electron chi connectivity index (χ2n) is 7.59. The molecule has 0 spiro atoms. The van der Waals surface area contributed by atoms with Crippen LogP contribution in [0.2, 0.25) is 0 Å². The zero-order valence-corrected chi connectivity index (χ0v) is 19.9. The smallest absolute Gasteiger partial charge is 0.489 e. The van der Waals surface area contributed by atoms with Crippen molar-refractivity contribution >= 4 is 11.9 Å². The quantitative estimate of drug-likeness (QED) is 0.379. The van der Waals surface area contributed by atoms with Crippen LogP contribution in [-0.2, 0) is 22.7 Å². The Bertz CT molecular complexity index is 1210. The average molecular weight is 560 g/mol. The minimum Gasteiger partial charge on any atom is -0.489 e. The lowest BCUT2D eigenvalue weighted by Gasteiger charge is -2.10. The van der Waals surface area contributed by atoms with Gasteiger partial charge in [-0.25, -0.2) is 14.6 Å². The third-order valence-electron chi connectivity index (χ3n) is 4.64. The molecule has 0 unspecified atom stereocenters. The number of alkyl halides is 6. The van der Waals surface area contributed by atoms with Crippen LogP contribution in [0.15, 0.2) is 66.7 Å². The Labute approximate surface area is 217 Å². The lowest BCUT2D eigenvalue weighted by molar-refractivity contribution is -0.193. The second kappa shape index (κ2) is 14.0. The van der Waals surface area contributed by atoms with Gasteiger partial charge in [-0.1, -0.05) is 48.5 Å². The molecule has 0 fully saturated rings. The fourth-order valence-electron chi connectivity index (χ4n) is 2.82. The minimum atomic E-state index is -5.08. The van der Waals surface area contributed by atoms with Crippen LogP contribution >= 0.6 is 0 Å². The van der Waals surface area contributed by atoms with Crippen LogP contribution in [0.5, 0.6) is 11.6 Å². The molecule has 14 heteroatoms. The van der Waals surface area contributed by atoms with Crippen molar-refractivity contribution in [1.82, 2.24) is 10.3 Å². The molecule has 0 bridgehead atoms. The van der Waals surface area contributed by atoms with Gasteiger partial charge in [-0.2, -0.15) is 26.3 Å². The molecule has 0 aliphatic carbocycles. The zero-order chi connectivity index (χ0) is 29.1. The van der Waals surface area contributed by atoms with E-state index in [2.05, 4.69) is 28.5 Å². The van der Waals surface area contributed by atoms with Gasteiger partial charge in [0.1, 0.15) is 19.0 Å². The molecular formula is C25H22F6N2O6. The number of nitrogens with one attached hydrogen (secondary N) is 1. The summed E-state index contributed by atoms with van der Waals surface area (Å²) in [4.78, 5) is 22.5. The van der Waals surface area contributed by atoms with Crippen LogP contribution in [0.3, 0.4) is 0 Å². The van der Waals surface area contributed by atoms with Crippen molar-refractivity contribution in [3.63, 3.8) is 0 Å². The number of aromatic nitrogens is 1. The largest absolute Gasteiger partial charge is 0.490 e. The van der Waals surface area contributed by atoms with Gasteiger partial charge in [-0.15, -0.1) is 0 Å². The first-order valence-electron chi connectivity index (χ1n) is 11.0. The summed E-state index contributed by atoms with van der Waals surface area (Å²) in [6, 6.07) is 22.3. The number of hydrogen-bond donors (Lipinski definition) is 3. The number of carboxylic acid groups (broad SMARTS) is 2. The summed E-state index contributed by atoms with van der Waals surface area (Å²) in [5, 5.41) is 17.6. The molecule has 1 aromatic heterocycles. The Balaban J connectivity index is 0.000000317. The summed E-state index contributed by atoms with van der Waals surface area (Å²) in [6.07, 6.45) is -10.2. The molecule has 1 aliphatic heterocycles. The standard InChI is InChI=1S/C21H20N2O2.2C2HF3O2/c1-2-5-16(6-3-1)15-25-19-8-4-7-17(13-19)20-10-9-18-14-22-11-12-24-21(18)23-20;2*3-2(4,5)1(6)7/h1-10,13,22H,11-12,14-15H2;2*(H,6,7). The summed E-state index contributed by atoms with van der Waals surface area (Å²) in [5.74, 6) is -3.96. The topological polar surface area (TPSA) is 118 Å². The van der Waals surface area contributed by atoms with E-state index >= 15 is 0 Å². The van der Waals surface area contributed by atoms with Gasteiger partial charge >= 0.3 is 24.3 Å². The number of carbonyl (C=O) groups is 2. The molecule has 0 saturated carbocycles. The fraction of sp³-hybridized carbons (Fsp3) is 0.240. The highest BCUT2D eigenvalue weighted by atomic mass is 19.4. The highest BCUT2D eigenvalue weighted by Crippen LogP contribution is 2.27. The predicted molar refractivity (Wildman–Crippen MR) is 125 cm³/mol. The normalized spacial score (nSPS) is 12.7. The highest BCUT2D eigenvalue weighted by Gasteiger charge is 2.38. The third-order valence-corrected chi connectivity index (χ3v) is 4.64. The summed E-state index contributed by atoms with van der Waals surface area (Å²) in [6.45, 7) is 2.83. The van der Waals surface area contributed by atoms with E-state index in [0.29, 0.717) is 13.2 Å². The van der Waals surface area contributed by atoms with Gasteiger partial charge in [-0.3, -0.25) is 0 Å². The van der Waals surface area contributed by atoms with Crippen LogP contribution in [0.4, 0.5) is 26.3 Å². The monoisotopic (exact) mass is 560 g/mol. The van der Waals surface area contributed by atoms with Gasteiger partial charge in [-0.05, 0) is 23.8 Å². The number of fused-ring (bicyclic) bond motifs is 1. The van der Waals surface area contributed by atoms with Crippen molar-refractivity contribution in [3.05, 3.63) is 77.9 Å². The van der Waals surface area contributed by atoms with E-state index in [1.807, 2.05) is 48.5 Å². The Morgan fingerprint density at radius 3 is 2.10 bits per heavy atom. The lowest BCUT2D eigenvalue weighted by Crippen LogP contribution is -2.21. The van der Waals surface area contributed by atoms with Crippen LogP contribution in [-0.4, -0.2) is 52.6 Å². The average Bonchev–Trinajstić information content (AvgIpc) is 3.13. The van der Waals surface area contributed by atoms with E-state index in [-0.39, 0.29) is 0 Å². The van der Waals surface area contributed by atoms with Gasteiger partial charge < -0.3 is 25.0 Å². The van der Waals surface area contributed by atoms with Crippen molar-refractivity contribution in [2.45, 2.75) is 25.5 Å². The van der Waals surface area contributed by atoms with Crippen molar-refractivity contribution < 1.29 is 55.6 Å². The van der Waals surface area contributed by atoms with Crippen molar-refractivity contribution in [2.75, 3.05) is 13.2 Å². The van der Waals surface area contributed by atoms with E-state index in [1.54, 1.807) is 0 Å². The molecule has 0 saturated heterocycles. The molecule has 4 rings (SSSR count). The molecule has 1 aliphatic rings. The molecule has 3 aromatic rings. The van der Waals surface area contributed by atoms with Crippen LogP contribution in [0.1, 0.15) is 11.1 Å². The maximum atomic E-state index is 10.6. The summed E-state index contributed by atoms with van der Waals surface area (Å²) in [5.41, 5.74) is 4.16. The van der Waals surface area contributed by atoms with Crippen LogP contribution in [0.25, 0.3) is 11.3 Å². The molecule has 8 nitrogen and oxygen atoms in total. The fourth-order valence-corrected chi connectivity index (χ4v) is 2.82. The number of carboxylic acids is 2. The molecule has 2 aromatic carbocycles. The van der Waals surface area contributed by atoms with E-state index in [4.69, 9.17) is 29.3 Å². The number of halogens is 6. The predicted octanol–water partition coefficient (Wildman–Crippen LogP) is 5.08. The van der Waals surface area contributed by atoms with E-state index in [9.17, 15) is 26.3 Å². The SMILES string of the molecule is O=C(O)C(F)(F)F.O=C(O)C(F)(F)F.c1ccc(COc2cccc(-c3ccc4c(n3)OCCNC4)c2)cc1. The second-order valence-corrected chi connectivity index (χ2v) is 7.59. The maximum Gasteiger partial charge on any atom is 0.490 e. The minimum absolute atomic E-state index is 0.552. The Hall–Kier alpha value is -4.33. The van der Waals surface area contributed by atoms with Crippen LogP contribution < -0.4 is 14.8 Å². The number of nitrogens with zero attached hydrogens (tertiary/aromatic N) is 1. The zero-order valence-electron chi connectivity index (χ0n) is 19.9. The highest BCUT2D eigenvalue weighted by molar-refractivity contribution is 5.73. The Kier molecular flexibility index (Phi) is 11.1. The summed E-state index contributed by atoms with van der Waals surface area (Å²) in [7, 11) is 0. The summed E-state index contributed by atoms with van der Waals surface area (Å²) >= 11 is 0. The van der Waals surface area contributed by atoms with E-state index in [0.717, 1.165) is 47.1 Å². The van der Waals surface area contributed by atoms with Gasteiger partial charge in [0.25, 0.3) is 0 Å². The van der Waals surface area contributed by atoms with E-state index < -0.39 is 24.3 Å². The first kappa shape index (κ1) is 30.9. The third kappa shape index (κ3) is 10.9. The number of hydrogen-bond acceptors (Lipinski definition) is 6. The molecule has 0 amide bonds. The van der Waals surface area contributed by atoms with Crippen LogP contribution in [0, 0.1) is 0 Å². The number of ether oxygens (including phenoxy) is 2. The van der Waals surface area contributed by atoms with E-state index in [1.165, 1.54) is 0 Å².